The number of hydrogen-bond donors (Lipinski definition) is 0. The Morgan fingerprint density at radius 1 is 0.824 bits per heavy atom. The highest BCUT2D eigenvalue weighted by Gasteiger charge is 2.43. The number of pyridine rings is 1. The predicted molar refractivity (Wildman–Crippen MR) is 138 cm³/mol. The second kappa shape index (κ2) is 8.15. The molecule has 0 amide bonds. The van der Waals surface area contributed by atoms with Gasteiger partial charge in [-0.25, -0.2) is 13.3 Å². The topological polar surface area (TPSA) is 3.88 Å². The Hall–Kier alpha value is -2.81. The van der Waals surface area contributed by atoms with E-state index in [2.05, 4.69) is 68.9 Å². The number of nitrogens with zero attached hydrogens (tertiary/aromatic N) is 1. The summed E-state index contributed by atoms with van der Waals surface area (Å²) in [5, 5.41) is 4.19. The number of benzene rings is 3. The van der Waals surface area contributed by atoms with Gasteiger partial charge in [-0.05, 0) is 78.6 Å². The summed E-state index contributed by atoms with van der Waals surface area (Å²) in [6.07, 6.45) is 0.457. The van der Waals surface area contributed by atoms with E-state index in [1.54, 1.807) is 0 Å². The molecule has 2 atom stereocenters. The van der Waals surface area contributed by atoms with Crippen molar-refractivity contribution in [3.05, 3.63) is 77.0 Å². The van der Waals surface area contributed by atoms with Crippen molar-refractivity contribution in [2.24, 2.45) is 12.5 Å². The van der Waals surface area contributed by atoms with Crippen LogP contribution in [-0.2, 0) is 7.05 Å². The first-order chi connectivity index (χ1) is 16.1. The molecule has 1 fully saturated rings. The second-order valence-electron chi connectivity index (χ2n) is 11.1. The van der Waals surface area contributed by atoms with Crippen molar-refractivity contribution >= 4 is 21.5 Å². The maximum absolute atomic E-state index is 15.6. The number of halogens is 2. The van der Waals surface area contributed by atoms with Gasteiger partial charge in [0.1, 0.15) is 19.4 Å². The van der Waals surface area contributed by atoms with E-state index in [0.29, 0.717) is 12.8 Å². The van der Waals surface area contributed by atoms with Gasteiger partial charge in [-0.1, -0.05) is 49.7 Å². The van der Waals surface area contributed by atoms with E-state index in [1.165, 1.54) is 22.3 Å². The smallest absolute Gasteiger partial charge is 0.220 e. The number of hydrogen-bond acceptors (Lipinski definition) is 0. The standard InChI is InChI=1S/C31H34F2N/c1-18-13-19(2)20(3)24(14-18)30-26-15-25(29-27(32)16-31(4,5)17-28(29)33)22-10-8-7-9-21(22)23(26)11-12-34(30)6/h7-15,27-29H,16-17H2,1-6H3/q+1. The van der Waals surface area contributed by atoms with Gasteiger partial charge in [0.2, 0.25) is 5.69 Å². The molecule has 34 heavy (non-hydrogen) atoms. The van der Waals surface area contributed by atoms with Gasteiger partial charge in [0, 0.05) is 17.4 Å². The minimum atomic E-state index is -1.21. The van der Waals surface area contributed by atoms with Crippen LogP contribution in [0.15, 0.2) is 54.7 Å². The summed E-state index contributed by atoms with van der Waals surface area (Å²) in [6.45, 7) is 10.4. The van der Waals surface area contributed by atoms with Crippen molar-refractivity contribution in [1.82, 2.24) is 0 Å². The summed E-state index contributed by atoms with van der Waals surface area (Å²) in [5.41, 5.74) is 6.42. The molecule has 176 valence electrons. The van der Waals surface area contributed by atoms with Crippen molar-refractivity contribution in [2.45, 2.75) is 65.7 Å². The zero-order chi connectivity index (χ0) is 24.4. The Bertz CT molecular complexity index is 1400. The molecule has 3 heteroatoms. The maximum Gasteiger partial charge on any atom is 0.220 e. The quantitative estimate of drug-likeness (QED) is 0.212. The number of rotatable bonds is 2. The highest BCUT2D eigenvalue weighted by atomic mass is 19.1. The van der Waals surface area contributed by atoms with E-state index in [0.717, 1.165) is 32.8 Å². The van der Waals surface area contributed by atoms with E-state index >= 15 is 8.78 Å². The molecule has 0 saturated heterocycles. The molecule has 1 saturated carbocycles. The monoisotopic (exact) mass is 458 g/mol. The molecule has 1 aromatic heterocycles. The summed E-state index contributed by atoms with van der Waals surface area (Å²) < 4.78 is 33.4. The molecule has 0 aliphatic heterocycles. The Balaban J connectivity index is 1.86. The molecule has 0 bridgehead atoms. The molecule has 0 N–H and O–H groups in total. The zero-order valence-electron chi connectivity index (χ0n) is 21.0. The Labute approximate surface area is 201 Å². The summed E-state index contributed by atoms with van der Waals surface area (Å²) >= 11 is 0. The van der Waals surface area contributed by atoms with Crippen molar-refractivity contribution in [3.8, 4) is 11.3 Å². The molecule has 0 radical (unpaired) electrons. The van der Waals surface area contributed by atoms with Crippen molar-refractivity contribution < 1.29 is 13.3 Å². The minimum Gasteiger partial charge on any atom is -0.247 e. The van der Waals surface area contributed by atoms with Crippen molar-refractivity contribution in [1.29, 1.82) is 0 Å². The first-order valence-electron chi connectivity index (χ1n) is 12.3. The Kier molecular flexibility index (Phi) is 5.50. The first kappa shape index (κ1) is 23.0. The van der Waals surface area contributed by atoms with Gasteiger partial charge in [-0.2, -0.15) is 0 Å². The molecule has 4 aromatic rings. The number of fused-ring (bicyclic) bond motifs is 3. The lowest BCUT2D eigenvalue weighted by atomic mass is 9.68. The normalized spacial score (nSPS) is 22.4. The Morgan fingerprint density at radius 3 is 2.12 bits per heavy atom. The Morgan fingerprint density at radius 2 is 1.44 bits per heavy atom. The van der Waals surface area contributed by atoms with E-state index in [9.17, 15) is 0 Å². The molecule has 1 heterocycles. The number of aromatic nitrogens is 1. The van der Waals surface area contributed by atoms with Crippen LogP contribution in [0, 0.1) is 26.2 Å². The molecule has 1 aliphatic rings. The van der Waals surface area contributed by atoms with E-state index in [-0.39, 0.29) is 5.41 Å². The third kappa shape index (κ3) is 3.70. The van der Waals surface area contributed by atoms with Crippen LogP contribution in [0.4, 0.5) is 8.78 Å². The zero-order valence-corrected chi connectivity index (χ0v) is 21.0. The predicted octanol–water partition coefficient (Wildman–Crippen LogP) is 7.99. The van der Waals surface area contributed by atoms with Crippen molar-refractivity contribution in [2.75, 3.05) is 0 Å². The lowest BCUT2D eigenvalue weighted by Gasteiger charge is -2.40. The fraction of sp³-hybridized carbons (Fsp3) is 0.387. The average molecular weight is 459 g/mol. The van der Waals surface area contributed by atoms with Crippen LogP contribution in [0.25, 0.3) is 32.8 Å². The molecule has 2 unspecified atom stereocenters. The van der Waals surface area contributed by atoms with Crippen LogP contribution in [-0.4, -0.2) is 12.3 Å². The SMILES string of the molecule is Cc1cc(C)c(C)c(-c2c3cc(C4C(F)CC(C)(C)CC4F)c4ccccc4c3cc[n+]2C)c1. The van der Waals surface area contributed by atoms with E-state index in [1.807, 2.05) is 32.0 Å². The third-order valence-electron chi connectivity index (χ3n) is 7.89. The minimum absolute atomic E-state index is 0.324. The van der Waals surface area contributed by atoms with Crippen LogP contribution < -0.4 is 4.57 Å². The lowest BCUT2D eigenvalue weighted by molar-refractivity contribution is -0.659. The molecule has 1 nitrogen and oxygen atoms in total. The lowest BCUT2D eigenvalue weighted by Crippen LogP contribution is -2.38. The molecule has 5 rings (SSSR count). The van der Waals surface area contributed by atoms with Crippen LogP contribution in [0.3, 0.4) is 0 Å². The molecule has 3 aromatic carbocycles. The van der Waals surface area contributed by atoms with Crippen LogP contribution >= 0.6 is 0 Å². The average Bonchev–Trinajstić information content (AvgIpc) is 2.75. The summed E-state index contributed by atoms with van der Waals surface area (Å²) in [7, 11) is 2.06. The van der Waals surface area contributed by atoms with Gasteiger partial charge in [0.25, 0.3) is 0 Å². The van der Waals surface area contributed by atoms with Gasteiger partial charge in [0.05, 0.1) is 10.9 Å². The van der Waals surface area contributed by atoms with Gasteiger partial charge in [0.15, 0.2) is 6.20 Å². The summed E-state index contributed by atoms with van der Waals surface area (Å²) in [4.78, 5) is 0. The number of alkyl halides is 2. The van der Waals surface area contributed by atoms with Crippen LogP contribution in [0.2, 0.25) is 0 Å². The van der Waals surface area contributed by atoms with Gasteiger partial charge in [-0.15, -0.1) is 0 Å². The molecular weight excluding hydrogens is 424 g/mol. The second-order valence-corrected chi connectivity index (χ2v) is 11.1. The van der Waals surface area contributed by atoms with Crippen molar-refractivity contribution in [3.63, 3.8) is 0 Å². The molecule has 1 aliphatic carbocycles. The van der Waals surface area contributed by atoms with Gasteiger partial charge >= 0.3 is 0 Å². The van der Waals surface area contributed by atoms with Gasteiger partial charge in [-0.3, -0.25) is 0 Å². The first-order valence-corrected chi connectivity index (χ1v) is 12.3. The third-order valence-corrected chi connectivity index (χ3v) is 7.89. The van der Waals surface area contributed by atoms with E-state index < -0.39 is 18.3 Å². The molecular formula is C31H34F2N+. The fourth-order valence-electron chi connectivity index (χ4n) is 6.16. The fourth-order valence-corrected chi connectivity index (χ4v) is 6.16. The largest absolute Gasteiger partial charge is 0.247 e. The van der Waals surface area contributed by atoms with Crippen LogP contribution in [0.1, 0.15) is 54.9 Å². The summed E-state index contributed by atoms with van der Waals surface area (Å²) in [5.74, 6) is -0.749. The number of aryl methyl sites for hydroxylation is 3. The van der Waals surface area contributed by atoms with Crippen LogP contribution in [0.5, 0.6) is 0 Å². The molecule has 0 spiro atoms. The van der Waals surface area contributed by atoms with Gasteiger partial charge < -0.3 is 0 Å². The van der Waals surface area contributed by atoms with E-state index in [4.69, 9.17) is 0 Å². The summed E-state index contributed by atoms with van der Waals surface area (Å²) in [6, 6.07) is 16.8. The highest BCUT2D eigenvalue weighted by molar-refractivity contribution is 6.12. The maximum atomic E-state index is 15.6. The highest BCUT2D eigenvalue weighted by Crippen LogP contribution is 2.48.